The van der Waals surface area contributed by atoms with E-state index >= 15 is 0 Å². The average molecular weight is 371 g/mol. The fourth-order valence-electron chi connectivity index (χ4n) is 2.55. The lowest BCUT2D eigenvalue weighted by Crippen LogP contribution is -2.01. The lowest BCUT2D eigenvalue weighted by molar-refractivity contribution is 0.603. The number of hydrogen-bond acceptors (Lipinski definition) is 2. The minimum Gasteiger partial charge on any atom is -0.337 e. The van der Waals surface area contributed by atoms with Crippen LogP contribution in [-0.2, 0) is 6.54 Å². The number of hydrogen-bond donors (Lipinski definition) is 0. The predicted octanol–water partition coefficient (Wildman–Crippen LogP) is 6.63. The first-order chi connectivity index (χ1) is 11.2. The third kappa shape index (κ3) is 6.40. The summed E-state index contributed by atoms with van der Waals surface area (Å²) in [6.07, 6.45) is 11.8. The molecule has 0 aliphatic rings. The van der Waals surface area contributed by atoms with Crippen LogP contribution in [0.5, 0.6) is 0 Å². The number of aromatic nitrogens is 2. The second kappa shape index (κ2) is 10.3. The van der Waals surface area contributed by atoms with Gasteiger partial charge in [0, 0.05) is 34.2 Å². The molecule has 0 N–H and O–H groups in total. The van der Waals surface area contributed by atoms with Gasteiger partial charge in [-0.15, -0.1) is 0 Å². The van der Waals surface area contributed by atoms with Crippen molar-refractivity contribution in [3.63, 3.8) is 0 Å². The second-order valence-electron chi connectivity index (χ2n) is 5.68. The van der Waals surface area contributed by atoms with Crippen LogP contribution in [0.15, 0.2) is 36.9 Å². The maximum Gasteiger partial charge on any atom is 0.0945 e. The monoisotopic (exact) mass is 370 g/mol. The van der Waals surface area contributed by atoms with Crippen LogP contribution < -0.4 is 0 Å². The standard InChI is InChI=1S/C18H24Cl2N2S/c1-2-3-4-12-23-18(6-5-10-22-11-9-21-14-22)16-8-7-15(19)13-17(16)20/h7-9,11,13-14,18H,2-6,10,12H2,1H3. The summed E-state index contributed by atoms with van der Waals surface area (Å²) in [7, 11) is 0. The van der Waals surface area contributed by atoms with Crippen molar-refractivity contribution in [2.24, 2.45) is 0 Å². The molecule has 0 bridgehead atoms. The van der Waals surface area contributed by atoms with Gasteiger partial charge in [0.25, 0.3) is 0 Å². The zero-order chi connectivity index (χ0) is 16.5. The largest absolute Gasteiger partial charge is 0.337 e. The van der Waals surface area contributed by atoms with Gasteiger partial charge in [0.2, 0.25) is 0 Å². The third-order valence-corrected chi connectivity index (χ3v) is 5.80. The van der Waals surface area contributed by atoms with E-state index in [0.29, 0.717) is 10.3 Å². The first-order valence-electron chi connectivity index (χ1n) is 8.23. The number of halogens is 2. The highest BCUT2D eigenvalue weighted by atomic mass is 35.5. The molecule has 2 aromatic rings. The fraction of sp³-hybridized carbons (Fsp3) is 0.500. The molecule has 1 atom stereocenters. The molecule has 1 aromatic carbocycles. The van der Waals surface area contributed by atoms with E-state index in [0.717, 1.165) is 24.4 Å². The smallest absolute Gasteiger partial charge is 0.0945 e. The van der Waals surface area contributed by atoms with Crippen LogP contribution in [0.1, 0.15) is 49.8 Å². The van der Waals surface area contributed by atoms with Gasteiger partial charge < -0.3 is 4.57 Å². The second-order valence-corrected chi connectivity index (χ2v) is 7.83. The van der Waals surface area contributed by atoms with E-state index in [1.165, 1.54) is 30.6 Å². The van der Waals surface area contributed by atoms with Crippen LogP contribution in [0.4, 0.5) is 0 Å². The Kier molecular flexibility index (Phi) is 8.35. The Labute approximate surface area is 153 Å². The Morgan fingerprint density at radius 1 is 1.22 bits per heavy atom. The van der Waals surface area contributed by atoms with Crippen molar-refractivity contribution >= 4 is 35.0 Å². The fourth-order valence-corrected chi connectivity index (χ4v) is 4.53. The summed E-state index contributed by atoms with van der Waals surface area (Å²) in [6, 6.07) is 5.88. The summed E-state index contributed by atoms with van der Waals surface area (Å²) in [5.74, 6) is 1.18. The molecule has 0 aliphatic carbocycles. The molecule has 0 amide bonds. The van der Waals surface area contributed by atoms with Crippen molar-refractivity contribution in [1.82, 2.24) is 9.55 Å². The number of imidazole rings is 1. The quantitative estimate of drug-likeness (QED) is 0.436. The molecular formula is C18H24Cl2N2S. The van der Waals surface area contributed by atoms with Gasteiger partial charge in [0.15, 0.2) is 0 Å². The maximum atomic E-state index is 6.43. The Morgan fingerprint density at radius 3 is 2.78 bits per heavy atom. The molecule has 0 saturated heterocycles. The van der Waals surface area contributed by atoms with Gasteiger partial charge in [0.1, 0.15) is 0 Å². The highest BCUT2D eigenvalue weighted by Gasteiger charge is 2.15. The maximum absolute atomic E-state index is 6.43. The van der Waals surface area contributed by atoms with Crippen molar-refractivity contribution in [1.29, 1.82) is 0 Å². The zero-order valence-electron chi connectivity index (χ0n) is 13.5. The molecule has 1 unspecified atom stereocenters. The van der Waals surface area contributed by atoms with Gasteiger partial charge in [-0.1, -0.05) is 49.0 Å². The van der Waals surface area contributed by atoms with Crippen LogP contribution in [-0.4, -0.2) is 15.3 Å². The van der Waals surface area contributed by atoms with Crippen molar-refractivity contribution in [3.8, 4) is 0 Å². The minimum absolute atomic E-state index is 0.431. The number of unbranched alkanes of at least 4 members (excludes halogenated alkanes) is 2. The molecule has 0 fully saturated rings. The normalized spacial score (nSPS) is 12.5. The van der Waals surface area contributed by atoms with Crippen LogP contribution in [0.2, 0.25) is 10.0 Å². The average Bonchev–Trinajstić information content (AvgIpc) is 3.03. The van der Waals surface area contributed by atoms with E-state index in [2.05, 4.69) is 22.5 Å². The summed E-state index contributed by atoms with van der Waals surface area (Å²) in [4.78, 5) is 4.09. The first kappa shape index (κ1) is 18.7. The molecule has 2 nitrogen and oxygen atoms in total. The predicted molar refractivity (Wildman–Crippen MR) is 103 cm³/mol. The molecule has 2 rings (SSSR count). The number of nitrogens with zero attached hydrogens (tertiary/aromatic N) is 2. The molecule has 126 valence electrons. The van der Waals surface area contributed by atoms with Gasteiger partial charge >= 0.3 is 0 Å². The highest BCUT2D eigenvalue weighted by molar-refractivity contribution is 7.99. The Bertz CT molecular complexity index is 572. The van der Waals surface area contributed by atoms with E-state index in [-0.39, 0.29) is 0 Å². The van der Waals surface area contributed by atoms with E-state index in [4.69, 9.17) is 23.2 Å². The van der Waals surface area contributed by atoms with Crippen LogP contribution in [0.3, 0.4) is 0 Å². The SMILES string of the molecule is CCCCCSC(CCCn1ccnc1)c1ccc(Cl)cc1Cl. The van der Waals surface area contributed by atoms with Gasteiger partial charge in [-0.25, -0.2) is 4.98 Å². The van der Waals surface area contributed by atoms with Crippen LogP contribution in [0.25, 0.3) is 0 Å². The Morgan fingerprint density at radius 2 is 2.09 bits per heavy atom. The molecule has 23 heavy (non-hydrogen) atoms. The first-order valence-corrected chi connectivity index (χ1v) is 10.0. The van der Waals surface area contributed by atoms with Crippen LogP contribution >= 0.6 is 35.0 Å². The molecule has 1 heterocycles. The molecule has 5 heteroatoms. The van der Waals surface area contributed by atoms with Gasteiger partial charge in [-0.3, -0.25) is 0 Å². The summed E-state index contributed by atoms with van der Waals surface area (Å²) in [5.41, 5.74) is 1.21. The van der Waals surface area contributed by atoms with E-state index < -0.39 is 0 Å². The molecular weight excluding hydrogens is 347 g/mol. The third-order valence-electron chi connectivity index (χ3n) is 3.82. The van der Waals surface area contributed by atoms with Crippen molar-refractivity contribution < 1.29 is 0 Å². The van der Waals surface area contributed by atoms with Gasteiger partial charge in [-0.05, 0) is 42.7 Å². The molecule has 0 spiro atoms. The Balaban J connectivity index is 1.95. The summed E-state index contributed by atoms with van der Waals surface area (Å²) < 4.78 is 2.13. The van der Waals surface area contributed by atoms with E-state index in [9.17, 15) is 0 Å². The molecule has 1 aromatic heterocycles. The van der Waals surface area contributed by atoms with Crippen LogP contribution in [0, 0.1) is 0 Å². The van der Waals surface area contributed by atoms with Gasteiger partial charge in [-0.2, -0.15) is 11.8 Å². The number of benzene rings is 1. The molecule has 0 saturated carbocycles. The van der Waals surface area contributed by atoms with Gasteiger partial charge in [0.05, 0.1) is 6.33 Å². The van der Waals surface area contributed by atoms with Crippen molar-refractivity contribution in [2.45, 2.75) is 50.8 Å². The van der Waals surface area contributed by atoms with E-state index in [1.807, 2.05) is 42.6 Å². The topological polar surface area (TPSA) is 17.8 Å². The summed E-state index contributed by atoms with van der Waals surface area (Å²) >= 11 is 14.5. The van der Waals surface area contributed by atoms with Crippen molar-refractivity contribution in [2.75, 3.05) is 5.75 Å². The molecule has 0 radical (unpaired) electrons. The number of aryl methyl sites for hydroxylation is 1. The number of thioether (sulfide) groups is 1. The Hall–Kier alpha value is -0.640. The summed E-state index contributed by atoms with van der Waals surface area (Å²) in [5, 5.41) is 1.92. The van der Waals surface area contributed by atoms with E-state index in [1.54, 1.807) is 0 Å². The van der Waals surface area contributed by atoms with Crippen molar-refractivity contribution in [3.05, 3.63) is 52.5 Å². The minimum atomic E-state index is 0.431. The lowest BCUT2D eigenvalue weighted by atomic mass is 10.1. The summed E-state index contributed by atoms with van der Waals surface area (Å²) in [6.45, 7) is 3.24. The molecule has 0 aliphatic heterocycles. The number of rotatable bonds is 10. The highest BCUT2D eigenvalue weighted by Crippen LogP contribution is 2.38. The lowest BCUT2D eigenvalue weighted by Gasteiger charge is -2.19. The zero-order valence-corrected chi connectivity index (χ0v) is 15.9.